The SMILES string of the molecule is FC(F)c1nnc2ccc(NCCOCc3ccc(Cl)cc3)nn12. The molecule has 0 amide bonds. The van der Waals surface area contributed by atoms with E-state index in [1.54, 1.807) is 24.3 Å². The summed E-state index contributed by atoms with van der Waals surface area (Å²) in [6.07, 6.45) is -2.73. The number of fused-ring (bicyclic) bond motifs is 1. The number of nitrogens with one attached hydrogen (secondary N) is 1. The van der Waals surface area contributed by atoms with Crippen LogP contribution in [0.25, 0.3) is 5.65 Å². The van der Waals surface area contributed by atoms with Gasteiger partial charge in [-0.05, 0) is 29.8 Å². The molecule has 0 radical (unpaired) electrons. The van der Waals surface area contributed by atoms with Crippen LogP contribution in [-0.2, 0) is 11.3 Å². The van der Waals surface area contributed by atoms with Gasteiger partial charge in [0.15, 0.2) is 5.65 Å². The van der Waals surface area contributed by atoms with Crippen LogP contribution in [0.4, 0.5) is 14.6 Å². The minimum Gasteiger partial charge on any atom is -0.375 e. The van der Waals surface area contributed by atoms with Crippen molar-refractivity contribution in [2.45, 2.75) is 13.0 Å². The molecule has 0 saturated heterocycles. The lowest BCUT2D eigenvalue weighted by Crippen LogP contribution is -2.12. The Labute approximate surface area is 141 Å². The van der Waals surface area contributed by atoms with E-state index in [-0.39, 0.29) is 5.65 Å². The third-order valence-electron chi connectivity index (χ3n) is 3.22. The lowest BCUT2D eigenvalue weighted by Gasteiger charge is -2.07. The molecule has 0 bridgehead atoms. The van der Waals surface area contributed by atoms with Crippen LogP contribution in [0.1, 0.15) is 17.8 Å². The predicted molar refractivity (Wildman–Crippen MR) is 85.3 cm³/mol. The van der Waals surface area contributed by atoms with Crippen molar-refractivity contribution in [3.8, 4) is 0 Å². The Morgan fingerprint density at radius 1 is 1.12 bits per heavy atom. The van der Waals surface area contributed by atoms with Gasteiger partial charge in [0.2, 0.25) is 5.82 Å². The molecule has 6 nitrogen and oxygen atoms in total. The quantitative estimate of drug-likeness (QED) is 0.660. The number of halogens is 3. The molecule has 0 unspecified atom stereocenters. The molecule has 0 aliphatic heterocycles. The molecular formula is C15H14ClF2N5O. The maximum atomic E-state index is 12.8. The van der Waals surface area contributed by atoms with Gasteiger partial charge in [0, 0.05) is 11.6 Å². The molecule has 1 aromatic carbocycles. The zero-order valence-corrected chi connectivity index (χ0v) is 13.2. The second-order valence-electron chi connectivity index (χ2n) is 4.95. The van der Waals surface area contributed by atoms with Crippen LogP contribution < -0.4 is 5.32 Å². The molecule has 9 heteroatoms. The Morgan fingerprint density at radius 3 is 2.67 bits per heavy atom. The van der Waals surface area contributed by atoms with Gasteiger partial charge >= 0.3 is 0 Å². The third kappa shape index (κ3) is 3.95. The fraction of sp³-hybridized carbons (Fsp3) is 0.267. The lowest BCUT2D eigenvalue weighted by molar-refractivity contribution is 0.130. The maximum absolute atomic E-state index is 12.8. The normalized spacial score (nSPS) is 11.3. The van der Waals surface area contributed by atoms with Crippen molar-refractivity contribution in [2.24, 2.45) is 0 Å². The number of hydrogen-bond donors (Lipinski definition) is 1. The molecule has 0 spiro atoms. The second-order valence-corrected chi connectivity index (χ2v) is 5.39. The summed E-state index contributed by atoms with van der Waals surface area (Å²) in [7, 11) is 0. The summed E-state index contributed by atoms with van der Waals surface area (Å²) in [6, 6.07) is 10.6. The average molecular weight is 354 g/mol. The smallest absolute Gasteiger partial charge is 0.299 e. The van der Waals surface area contributed by atoms with Gasteiger partial charge < -0.3 is 10.1 Å². The molecule has 24 heavy (non-hydrogen) atoms. The van der Waals surface area contributed by atoms with Crippen LogP contribution >= 0.6 is 11.6 Å². The summed E-state index contributed by atoms with van der Waals surface area (Å²) in [5.74, 6) is -0.0352. The van der Waals surface area contributed by atoms with Gasteiger partial charge in [-0.25, -0.2) is 8.78 Å². The number of anilines is 1. The van der Waals surface area contributed by atoms with Gasteiger partial charge in [-0.15, -0.1) is 15.3 Å². The minimum absolute atomic E-state index is 0.273. The van der Waals surface area contributed by atoms with Crippen molar-refractivity contribution < 1.29 is 13.5 Å². The first kappa shape index (κ1) is 16.5. The largest absolute Gasteiger partial charge is 0.375 e. The number of ether oxygens (including phenoxy) is 1. The maximum Gasteiger partial charge on any atom is 0.299 e. The zero-order valence-electron chi connectivity index (χ0n) is 12.5. The van der Waals surface area contributed by atoms with Crippen molar-refractivity contribution in [3.05, 3.63) is 52.8 Å². The summed E-state index contributed by atoms with van der Waals surface area (Å²) in [4.78, 5) is 0. The second kappa shape index (κ2) is 7.50. The number of nitrogens with zero attached hydrogens (tertiary/aromatic N) is 4. The Bertz CT molecular complexity index is 809. The van der Waals surface area contributed by atoms with Crippen LogP contribution in [0.5, 0.6) is 0 Å². The molecular weight excluding hydrogens is 340 g/mol. The van der Waals surface area contributed by atoms with Crippen LogP contribution in [0, 0.1) is 0 Å². The Morgan fingerprint density at radius 2 is 1.92 bits per heavy atom. The molecule has 0 saturated carbocycles. The van der Waals surface area contributed by atoms with Crippen molar-refractivity contribution in [1.29, 1.82) is 0 Å². The van der Waals surface area contributed by atoms with E-state index in [9.17, 15) is 8.78 Å². The summed E-state index contributed by atoms with van der Waals surface area (Å²) < 4.78 is 32.1. The van der Waals surface area contributed by atoms with E-state index in [0.717, 1.165) is 10.1 Å². The molecule has 3 aromatic rings. The van der Waals surface area contributed by atoms with Gasteiger partial charge in [-0.1, -0.05) is 23.7 Å². The van der Waals surface area contributed by atoms with Crippen LogP contribution in [0.2, 0.25) is 5.02 Å². The lowest BCUT2D eigenvalue weighted by atomic mass is 10.2. The first-order chi connectivity index (χ1) is 11.6. The van der Waals surface area contributed by atoms with E-state index in [0.29, 0.717) is 30.6 Å². The Kier molecular flexibility index (Phi) is 5.17. The molecule has 2 aromatic heterocycles. The predicted octanol–water partition coefficient (Wildman–Crippen LogP) is 3.34. The van der Waals surface area contributed by atoms with Crippen molar-refractivity contribution >= 4 is 23.1 Å². The van der Waals surface area contributed by atoms with Gasteiger partial charge in [0.25, 0.3) is 6.43 Å². The summed E-state index contributed by atoms with van der Waals surface area (Å²) >= 11 is 5.81. The van der Waals surface area contributed by atoms with Gasteiger partial charge in [-0.3, -0.25) is 0 Å². The van der Waals surface area contributed by atoms with E-state index >= 15 is 0 Å². The van der Waals surface area contributed by atoms with Crippen molar-refractivity contribution in [1.82, 2.24) is 19.8 Å². The Hall–Kier alpha value is -2.32. The highest BCUT2D eigenvalue weighted by Crippen LogP contribution is 2.17. The fourth-order valence-corrected chi connectivity index (χ4v) is 2.18. The molecule has 126 valence electrons. The Balaban J connectivity index is 1.50. The molecule has 3 rings (SSSR count). The fourth-order valence-electron chi connectivity index (χ4n) is 2.06. The summed E-state index contributed by atoms with van der Waals surface area (Å²) in [5.41, 5.74) is 1.29. The van der Waals surface area contributed by atoms with E-state index in [4.69, 9.17) is 16.3 Å². The monoisotopic (exact) mass is 353 g/mol. The average Bonchev–Trinajstić information content (AvgIpc) is 2.99. The highest BCUT2D eigenvalue weighted by atomic mass is 35.5. The molecule has 0 aliphatic carbocycles. The number of benzene rings is 1. The number of alkyl halides is 2. The van der Waals surface area contributed by atoms with Crippen molar-refractivity contribution in [2.75, 3.05) is 18.5 Å². The highest BCUT2D eigenvalue weighted by molar-refractivity contribution is 6.30. The van der Waals surface area contributed by atoms with Gasteiger partial charge in [0.05, 0.1) is 13.2 Å². The molecule has 1 N–H and O–H groups in total. The van der Waals surface area contributed by atoms with Gasteiger partial charge in [0.1, 0.15) is 5.82 Å². The van der Waals surface area contributed by atoms with E-state index in [1.165, 1.54) is 0 Å². The number of rotatable bonds is 7. The summed E-state index contributed by atoms with van der Waals surface area (Å²) in [5, 5.41) is 14.8. The first-order valence-electron chi connectivity index (χ1n) is 7.20. The first-order valence-corrected chi connectivity index (χ1v) is 7.58. The number of hydrogen-bond acceptors (Lipinski definition) is 5. The molecule has 0 aliphatic rings. The van der Waals surface area contributed by atoms with E-state index < -0.39 is 12.2 Å². The van der Waals surface area contributed by atoms with E-state index in [2.05, 4.69) is 20.6 Å². The van der Waals surface area contributed by atoms with Crippen LogP contribution in [-0.4, -0.2) is 33.0 Å². The zero-order chi connectivity index (χ0) is 16.9. The highest BCUT2D eigenvalue weighted by Gasteiger charge is 2.16. The topological polar surface area (TPSA) is 64.3 Å². The molecule has 2 heterocycles. The van der Waals surface area contributed by atoms with Crippen LogP contribution in [0.15, 0.2) is 36.4 Å². The third-order valence-corrected chi connectivity index (χ3v) is 3.47. The van der Waals surface area contributed by atoms with E-state index in [1.807, 2.05) is 12.1 Å². The molecule has 0 fully saturated rings. The summed E-state index contributed by atoms with van der Waals surface area (Å²) in [6.45, 7) is 1.39. The standard InChI is InChI=1S/C15H14ClF2N5O/c16-11-3-1-10(2-4-11)9-24-8-7-19-12-5-6-13-20-21-15(14(17)18)23(13)22-12/h1-6,14H,7-9H2,(H,19,22). The minimum atomic E-state index is -2.73. The van der Waals surface area contributed by atoms with Crippen LogP contribution in [0.3, 0.4) is 0 Å². The number of aromatic nitrogens is 4. The van der Waals surface area contributed by atoms with Gasteiger partial charge in [-0.2, -0.15) is 4.52 Å². The van der Waals surface area contributed by atoms with Crippen molar-refractivity contribution in [3.63, 3.8) is 0 Å². The molecule has 0 atom stereocenters.